The molecule has 0 heterocycles. The molecule has 0 aliphatic rings. The molecule has 0 aliphatic carbocycles. The Hall–Kier alpha value is -3.12. The SMILES string of the molecule is CC(C)(CCO)[C@@H](OC(=O)Nc1cccc2ccccc12)c1ccc(O)c(F)c1. The maximum Gasteiger partial charge on any atom is 0.412 e. The van der Waals surface area contributed by atoms with Crippen molar-refractivity contribution in [3.8, 4) is 5.75 Å². The van der Waals surface area contributed by atoms with Crippen molar-refractivity contribution in [2.75, 3.05) is 11.9 Å². The second-order valence-electron chi connectivity index (χ2n) is 7.61. The van der Waals surface area contributed by atoms with Gasteiger partial charge in [-0.05, 0) is 35.6 Å². The van der Waals surface area contributed by atoms with Gasteiger partial charge >= 0.3 is 6.09 Å². The molecule has 3 aromatic rings. The number of ether oxygens (including phenoxy) is 1. The van der Waals surface area contributed by atoms with Gasteiger partial charge in [0.05, 0.1) is 5.69 Å². The first-order valence-electron chi connectivity index (χ1n) is 9.36. The lowest BCUT2D eigenvalue weighted by Gasteiger charge is -2.33. The van der Waals surface area contributed by atoms with Crippen LogP contribution in [-0.4, -0.2) is 22.9 Å². The van der Waals surface area contributed by atoms with Gasteiger partial charge in [0, 0.05) is 17.4 Å². The van der Waals surface area contributed by atoms with Crippen molar-refractivity contribution in [2.45, 2.75) is 26.4 Å². The standard InChI is InChI=1S/C23H24FNO4/c1-23(2,12-13-26)21(16-10-11-20(27)18(24)14-16)29-22(28)25-19-9-5-7-15-6-3-4-8-17(15)19/h3-11,14,21,26-27H,12-13H2,1-2H3,(H,25,28)/t21-/m0/s1. The largest absolute Gasteiger partial charge is 0.505 e. The Balaban J connectivity index is 1.88. The maximum atomic E-state index is 13.9. The Morgan fingerprint density at radius 2 is 1.86 bits per heavy atom. The Morgan fingerprint density at radius 3 is 2.59 bits per heavy atom. The van der Waals surface area contributed by atoms with E-state index in [0.717, 1.165) is 16.8 Å². The molecule has 0 saturated heterocycles. The van der Waals surface area contributed by atoms with Crippen LogP contribution in [0.4, 0.5) is 14.9 Å². The van der Waals surface area contributed by atoms with E-state index in [1.807, 2.05) is 50.2 Å². The van der Waals surface area contributed by atoms with E-state index in [-0.39, 0.29) is 6.61 Å². The number of fused-ring (bicyclic) bond motifs is 1. The highest BCUT2D eigenvalue weighted by atomic mass is 19.1. The molecule has 29 heavy (non-hydrogen) atoms. The first-order chi connectivity index (χ1) is 13.8. The minimum Gasteiger partial charge on any atom is -0.505 e. The molecule has 0 unspecified atom stereocenters. The van der Waals surface area contributed by atoms with Crippen molar-refractivity contribution < 1.29 is 24.1 Å². The zero-order chi connectivity index (χ0) is 21.0. The van der Waals surface area contributed by atoms with E-state index in [4.69, 9.17) is 4.74 Å². The number of carbonyl (C=O) groups is 1. The fourth-order valence-corrected chi connectivity index (χ4v) is 3.37. The minimum atomic E-state index is -0.834. The number of nitrogens with one attached hydrogen (secondary N) is 1. The Bertz CT molecular complexity index is 1010. The zero-order valence-electron chi connectivity index (χ0n) is 16.4. The number of halogens is 1. The molecule has 6 heteroatoms. The minimum absolute atomic E-state index is 0.113. The number of aliphatic hydroxyl groups excluding tert-OH is 1. The van der Waals surface area contributed by atoms with E-state index in [9.17, 15) is 19.4 Å². The van der Waals surface area contributed by atoms with E-state index in [0.29, 0.717) is 17.7 Å². The van der Waals surface area contributed by atoms with E-state index < -0.39 is 29.2 Å². The molecule has 0 fully saturated rings. The van der Waals surface area contributed by atoms with E-state index >= 15 is 0 Å². The highest BCUT2D eigenvalue weighted by Gasteiger charge is 2.34. The first-order valence-corrected chi connectivity index (χ1v) is 9.36. The summed E-state index contributed by atoms with van der Waals surface area (Å²) in [5.41, 5.74) is 0.323. The van der Waals surface area contributed by atoms with Gasteiger partial charge in [-0.25, -0.2) is 9.18 Å². The van der Waals surface area contributed by atoms with Crippen molar-refractivity contribution >= 4 is 22.6 Å². The molecule has 0 saturated carbocycles. The van der Waals surface area contributed by atoms with Crippen LogP contribution in [0.2, 0.25) is 0 Å². The van der Waals surface area contributed by atoms with Gasteiger partial charge in [0.1, 0.15) is 6.10 Å². The van der Waals surface area contributed by atoms with Crippen LogP contribution in [0.3, 0.4) is 0 Å². The normalized spacial score (nSPS) is 12.6. The number of amides is 1. The second-order valence-corrected chi connectivity index (χ2v) is 7.61. The predicted molar refractivity (Wildman–Crippen MR) is 110 cm³/mol. The van der Waals surface area contributed by atoms with Gasteiger partial charge in [-0.1, -0.05) is 56.3 Å². The lowest BCUT2D eigenvalue weighted by molar-refractivity contribution is 0.0150. The second kappa shape index (κ2) is 8.49. The summed E-state index contributed by atoms with van der Waals surface area (Å²) in [6.07, 6.45) is -1.19. The average Bonchev–Trinajstić information content (AvgIpc) is 2.68. The Kier molecular flexibility index (Phi) is 6.03. The molecular weight excluding hydrogens is 373 g/mol. The summed E-state index contributed by atoms with van der Waals surface area (Å²) in [5.74, 6) is -1.28. The molecular formula is C23H24FNO4. The third kappa shape index (κ3) is 4.66. The number of carbonyl (C=O) groups excluding carboxylic acids is 1. The van der Waals surface area contributed by atoms with Crippen LogP contribution in [-0.2, 0) is 4.74 Å². The van der Waals surface area contributed by atoms with Crippen molar-refractivity contribution in [3.63, 3.8) is 0 Å². The van der Waals surface area contributed by atoms with Crippen molar-refractivity contribution in [2.24, 2.45) is 5.41 Å². The molecule has 3 aromatic carbocycles. The molecule has 5 nitrogen and oxygen atoms in total. The predicted octanol–water partition coefficient (Wildman–Crippen LogP) is 5.38. The molecule has 0 bridgehead atoms. The molecule has 1 amide bonds. The van der Waals surface area contributed by atoms with Gasteiger partial charge in [-0.2, -0.15) is 0 Å². The highest BCUT2D eigenvalue weighted by molar-refractivity contribution is 6.00. The Morgan fingerprint density at radius 1 is 1.14 bits per heavy atom. The van der Waals surface area contributed by atoms with Crippen molar-refractivity contribution in [1.29, 1.82) is 0 Å². The topological polar surface area (TPSA) is 78.8 Å². The number of phenolic OH excluding ortho intramolecular Hbond substituents is 1. The summed E-state index contributed by atoms with van der Waals surface area (Å²) in [5, 5.41) is 23.5. The third-order valence-corrected chi connectivity index (χ3v) is 4.99. The van der Waals surface area contributed by atoms with Gasteiger partial charge in [0.2, 0.25) is 0 Å². The van der Waals surface area contributed by atoms with Gasteiger partial charge in [0.25, 0.3) is 0 Å². The van der Waals surface area contributed by atoms with Gasteiger partial charge in [-0.15, -0.1) is 0 Å². The molecule has 0 spiro atoms. The van der Waals surface area contributed by atoms with Crippen LogP contribution in [0.25, 0.3) is 10.8 Å². The number of hydrogen-bond donors (Lipinski definition) is 3. The van der Waals surface area contributed by atoms with Crippen LogP contribution in [0.15, 0.2) is 60.7 Å². The molecule has 1 atom stereocenters. The summed E-state index contributed by atoms with van der Waals surface area (Å²) in [6.45, 7) is 3.53. The van der Waals surface area contributed by atoms with E-state index in [1.54, 1.807) is 6.07 Å². The molecule has 0 aromatic heterocycles. The lowest BCUT2D eigenvalue weighted by Crippen LogP contribution is -2.30. The number of hydrogen-bond acceptors (Lipinski definition) is 4. The smallest absolute Gasteiger partial charge is 0.412 e. The molecule has 3 rings (SSSR count). The van der Waals surface area contributed by atoms with Crippen LogP contribution < -0.4 is 5.32 Å². The average molecular weight is 397 g/mol. The molecule has 3 N–H and O–H groups in total. The van der Waals surface area contributed by atoms with Crippen LogP contribution >= 0.6 is 0 Å². The maximum absolute atomic E-state index is 13.9. The number of phenols is 1. The summed E-state index contributed by atoms with van der Waals surface area (Å²) in [6, 6.07) is 17.1. The van der Waals surface area contributed by atoms with Gasteiger partial charge in [-0.3, -0.25) is 5.32 Å². The van der Waals surface area contributed by atoms with E-state index in [1.165, 1.54) is 12.1 Å². The first kappa shape index (κ1) is 20.6. The van der Waals surface area contributed by atoms with Crippen LogP contribution in [0, 0.1) is 11.2 Å². The van der Waals surface area contributed by atoms with Gasteiger partial charge in [0.15, 0.2) is 11.6 Å². The lowest BCUT2D eigenvalue weighted by atomic mass is 9.80. The number of aromatic hydroxyl groups is 1. The van der Waals surface area contributed by atoms with Crippen LogP contribution in [0.1, 0.15) is 31.9 Å². The quantitative estimate of drug-likeness (QED) is 0.522. The number of anilines is 1. The zero-order valence-corrected chi connectivity index (χ0v) is 16.4. The molecule has 0 aliphatic heterocycles. The van der Waals surface area contributed by atoms with Crippen molar-refractivity contribution in [1.82, 2.24) is 0 Å². The summed E-state index contributed by atoms with van der Waals surface area (Å²) in [7, 11) is 0. The van der Waals surface area contributed by atoms with Crippen LogP contribution in [0.5, 0.6) is 5.75 Å². The van der Waals surface area contributed by atoms with Crippen molar-refractivity contribution in [3.05, 3.63) is 72.0 Å². The fourth-order valence-electron chi connectivity index (χ4n) is 3.37. The molecule has 0 radical (unpaired) electrons. The third-order valence-electron chi connectivity index (χ3n) is 4.99. The number of aliphatic hydroxyl groups is 1. The summed E-state index contributed by atoms with van der Waals surface area (Å²) >= 11 is 0. The number of benzene rings is 3. The fraction of sp³-hybridized carbons (Fsp3) is 0.261. The van der Waals surface area contributed by atoms with E-state index in [2.05, 4.69) is 5.32 Å². The summed E-state index contributed by atoms with van der Waals surface area (Å²) in [4.78, 5) is 12.7. The monoisotopic (exact) mass is 397 g/mol. The highest BCUT2D eigenvalue weighted by Crippen LogP contribution is 2.40. The number of rotatable bonds is 6. The van der Waals surface area contributed by atoms with Gasteiger partial charge < -0.3 is 14.9 Å². The summed E-state index contributed by atoms with van der Waals surface area (Å²) < 4.78 is 19.6. The Labute approximate surface area is 168 Å². The molecule has 152 valence electrons.